The SMILES string of the molecule is CC(Sc1nnc(-c2ccccc2F)n1C)C(=O)Nc1ccc(OCc2ccccc2)cc1. The van der Waals surface area contributed by atoms with Crippen molar-refractivity contribution in [3.8, 4) is 17.1 Å². The molecule has 0 aliphatic heterocycles. The summed E-state index contributed by atoms with van der Waals surface area (Å²) in [4.78, 5) is 12.7. The molecule has 1 atom stereocenters. The molecule has 6 nitrogen and oxygen atoms in total. The fraction of sp³-hybridized carbons (Fsp3) is 0.160. The Morgan fingerprint density at radius 1 is 1.03 bits per heavy atom. The van der Waals surface area contributed by atoms with Crippen LogP contribution in [-0.2, 0) is 18.4 Å². The second-order valence-electron chi connectivity index (χ2n) is 7.39. The predicted molar refractivity (Wildman–Crippen MR) is 128 cm³/mol. The maximum absolute atomic E-state index is 14.1. The van der Waals surface area contributed by atoms with E-state index < -0.39 is 5.25 Å². The van der Waals surface area contributed by atoms with Gasteiger partial charge in [-0.15, -0.1) is 10.2 Å². The first kappa shape index (κ1) is 22.5. The van der Waals surface area contributed by atoms with E-state index in [1.54, 1.807) is 48.9 Å². The van der Waals surface area contributed by atoms with Crippen molar-refractivity contribution in [3.05, 3.63) is 90.2 Å². The number of rotatable bonds is 8. The van der Waals surface area contributed by atoms with Crippen LogP contribution >= 0.6 is 11.8 Å². The van der Waals surface area contributed by atoms with Crippen LogP contribution in [0.5, 0.6) is 5.75 Å². The summed E-state index contributed by atoms with van der Waals surface area (Å²) in [6.07, 6.45) is 0. The van der Waals surface area contributed by atoms with Gasteiger partial charge < -0.3 is 14.6 Å². The number of amides is 1. The molecule has 3 aromatic carbocycles. The molecule has 0 aliphatic rings. The Bertz CT molecular complexity index is 1230. The van der Waals surface area contributed by atoms with Gasteiger partial charge in [0.25, 0.3) is 0 Å². The van der Waals surface area contributed by atoms with Crippen molar-refractivity contribution in [2.45, 2.75) is 23.9 Å². The minimum atomic E-state index is -0.435. The van der Waals surface area contributed by atoms with Gasteiger partial charge in [-0.25, -0.2) is 4.39 Å². The molecule has 0 saturated heterocycles. The highest BCUT2D eigenvalue weighted by Crippen LogP contribution is 2.27. The summed E-state index contributed by atoms with van der Waals surface area (Å²) >= 11 is 1.26. The van der Waals surface area contributed by atoms with Crippen molar-refractivity contribution < 1.29 is 13.9 Å². The lowest BCUT2D eigenvalue weighted by molar-refractivity contribution is -0.115. The molecule has 4 rings (SSSR count). The molecule has 0 saturated carbocycles. The highest BCUT2D eigenvalue weighted by Gasteiger charge is 2.20. The number of hydrogen-bond acceptors (Lipinski definition) is 5. The first-order valence-corrected chi connectivity index (χ1v) is 11.3. The van der Waals surface area contributed by atoms with Gasteiger partial charge in [-0.2, -0.15) is 0 Å². The van der Waals surface area contributed by atoms with Crippen LogP contribution in [0.2, 0.25) is 0 Å². The smallest absolute Gasteiger partial charge is 0.237 e. The number of nitrogens with one attached hydrogen (secondary N) is 1. The van der Waals surface area contributed by atoms with E-state index >= 15 is 0 Å². The number of thioether (sulfide) groups is 1. The van der Waals surface area contributed by atoms with Crippen LogP contribution < -0.4 is 10.1 Å². The van der Waals surface area contributed by atoms with Crippen molar-refractivity contribution >= 4 is 23.4 Å². The van der Waals surface area contributed by atoms with E-state index in [0.717, 1.165) is 11.3 Å². The number of nitrogens with zero attached hydrogens (tertiary/aromatic N) is 3. The van der Waals surface area contributed by atoms with E-state index in [1.807, 2.05) is 42.5 Å². The maximum atomic E-state index is 14.1. The van der Waals surface area contributed by atoms with E-state index in [9.17, 15) is 9.18 Å². The first-order chi connectivity index (χ1) is 16.0. The highest BCUT2D eigenvalue weighted by molar-refractivity contribution is 8.00. The van der Waals surface area contributed by atoms with Crippen molar-refractivity contribution in [2.75, 3.05) is 5.32 Å². The number of ether oxygens (including phenoxy) is 1. The monoisotopic (exact) mass is 462 g/mol. The minimum Gasteiger partial charge on any atom is -0.489 e. The molecule has 4 aromatic rings. The third kappa shape index (κ3) is 5.59. The van der Waals surface area contributed by atoms with Crippen LogP contribution in [0.25, 0.3) is 11.4 Å². The Hall–Kier alpha value is -3.65. The summed E-state index contributed by atoms with van der Waals surface area (Å²) < 4.78 is 21.6. The Morgan fingerprint density at radius 3 is 2.45 bits per heavy atom. The van der Waals surface area contributed by atoms with Crippen molar-refractivity contribution in [3.63, 3.8) is 0 Å². The first-order valence-electron chi connectivity index (χ1n) is 10.4. The lowest BCUT2D eigenvalue weighted by Gasteiger charge is -2.12. The number of halogens is 1. The van der Waals surface area contributed by atoms with Gasteiger partial charge in [0.2, 0.25) is 5.91 Å². The number of benzene rings is 3. The van der Waals surface area contributed by atoms with Crippen molar-refractivity contribution in [1.29, 1.82) is 0 Å². The van der Waals surface area contributed by atoms with E-state index in [4.69, 9.17) is 4.74 Å². The summed E-state index contributed by atoms with van der Waals surface area (Å²) in [7, 11) is 1.75. The van der Waals surface area contributed by atoms with Gasteiger partial charge >= 0.3 is 0 Å². The molecule has 1 heterocycles. The predicted octanol–water partition coefficient (Wildman–Crippen LogP) is 5.32. The van der Waals surface area contributed by atoms with Gasteiger partial charge in [-0.3, -0.25) is 4.79 Å². The standard InChI is InChI=1S/C25H23FN4O2S/c1-17(33-25-29-28-23(30(25)2)21-10-6-7-11-22(21)26)24(31)27-19-12-14-20(15-13-19)32-16-18-8-4-3-5-9-18/h3-15,17H,16H2,1-2H3,(H,27,31). The molecule has 1 aromatic heterocycles. The van der Waals surface area contributed by atoms with Crippen LogP contribution in [0.3, 0.4) is 0 Å². The molecule has 1 unspecified atom stereocenters. The topological polar surface area (TPSA) is 69.0 Å². The number of carbonyl (C=O) groups excluding carboxylic acids is 1. The molecular formula is C25H23FN4O2S. The third-order valence-electron chi connectivity index (χ3n) is 4.97. The molecule has 1 N–H and O–H groups in total. The highest BCUT2D eigenvalue weighted by atomic mass is 32.2. The van der Waals surface area contributed by atoms with E-state index in [1.165, 1.54) is 17.8 Å². The molecule has 33 heavy (non-hydrogen) atoms. The van der Waals surface area contributed by atoms with Gasteiger partial charge in [0.05, 0.1) is 10.8 Å². The van der Waals surface area contributed by atoms with Crippen LogP contribution in [0.1, 0.15) is 12.5 Å². The zero-order chi connectivity index (χ0) is 23.2. The third-order valence-corrected chi connectivity index (χ3v) is 6.11. The van der Waals surface area contributed by atoms with Gasteiger partial charge in [0.1, 0.15) is 18.2 Å². The molecule has 0 aliphatic carbocycles. The van der Waals surface area contributed by atoms with Crippen LogP contribution in [0.4, 0.5) is 10.1 Å². The molecule has 0 radical (unpaired) electrons. The Morgan fingerprint density at radius 2 is 1.73 bits per heavy atom. The van der Waals surface area contributed by atoms with Crippen LogP contribution in [0.15, 0.2) is 84.0 Å². The van der Waals surface area contributed by atoms with Gasteiger partial charge in [-0.1, -0.05) is 54.2 Å². The zero-order valence-corrected chi connectivity index (χ0v) is 19.1. The van der Waals surface area contributed by atoms with E-state index in [-0.39, 0.29) is 11.7 Å². The average Bonchev–Trinajstić information content (AvgIpc) is 3.19. The fourth-order valence-electron chi connectivity index (χ4n) is 3.13. The molecule has 168 valence electrons. The summed E-state index contributed by atoms with van der Waals surface area (Å²) in [6, 6.07) is 23.6. The van der Waals surface area contributed by atoms with Crippen molar-refractivity contribution in [2.24, 2.45) is 7.05 Å². The molecule has 8 heteroatoms. The van der Waals surface area contributed by atoms with Crippen LogP contribution in [-0.4, -0.2) is 25.9 Å². The summed E-state index contributed by atoms with van der Waals surface area (Å²) in [5.41, 5.74) is 2.12. The lowest BCUT2D eigenvalue weighted by Crippen LogP contribution is -2.22. The average molecular weight is 463 g/mol. The summed E-state index contributed by atoms with van der Waals surface area (Å²) in [5, 5.41) is 11.2. The fourth-order valence-corrected chi connectivity index (χ4v) is 3.94. The normalized spacial score (nSPS) is 11.7. The lowest BCUT2D eigenvalue weighted by atomic mass is 10.2. The van der Waals surface area contributed by atoms with Crippen molar-refractivity contribution in [1.82, 2.24) is 14.8 Å². The number of anilines is 1. The van der Waals surface area contributed by atoms with Gasteiger partial charge in [-0.05, 0) is 48.9 Å². The molecule has 0 fully saturated rings. The number of aromatic nitrogens is 3. The van der Waals surface area contributed by atoms with E-state index in [0.29, 0.717) is 28.8 Å². The summed E-state index contributed by atoms with van der Waals surface area (Å²) in [6.45, 7) is 2.27. The Labute approximate surface area is 195 Å². The second kappa shape index (κ2) is 10.3. The molecule has 0 bridgehead atoms. The van der Waals surface area contributed by atoms with Gasteiger partial charge in [0.15, 0.2) is 11.0 Å². The van der Waals surface area contributed by atoms with Gasteiger partial charge in [0, 0.05) is 12.7 Å². The van der Waals surface area contributed by atoms with E-state index in [2.05, 4.69) is 15.5 Å². The number of hydrogen-bond donors (Lipinski definition) is 1. The zero-order valence-electron chi connectivity index (χ0n) is 18.2. The van der Waals surface area contributed by atoms with Crippen LogP contribution in [0, 0.1) is 5.82 Å². The minimum absolute atomic E-state index is 0.173. The number of carbonyl (C=O) groups is 1. The molecular weight excluding hydrogens is 439 g/mol. The Kier molecular flexibility index (Phi) is 7.04. The largest absolute Gasteiger partial charge is 0.489 e. The second-order valence-corrected chi connectivity index (χ2v) is 8.70. The molecule has 0 spiro atoms. The quantitative estimate of drug-likeness (QED) is 0.359. The molecule has 1 amide bonds. The summed E-state index contributed by atoms with van der Waals surface area (Å²) in [5.74, 6) is 0.591. The Balaban J connectivity index is 1.34. The maximum Gasteiger partial charge on any atom is 0.237 e.